The summed E-state index contributed by atoms with van der Waals surface area (Å²) in [5.41, 5.74) is 7.30. The summed E-state index contributed by atoms with van der Waals surface area (Å²) in [6.45, 7) is 4.32. The van der Waals surface area contributed by atoms with Crippen LogP contribution in [-0.2, 0) is 27.4 Å². The van der Waals surface area contributed by atoms with Gasteiger partial charge in [0.2, 0.25) is 0 Å². The number of anilines is 2. The fraction of sp³-hybridized carbons (Fsp3) is 0.345. The summed E-state index contributed by atoms with van der Waals surface area (Å²) in [5.74, 6) is 0.994. The van der Waals surface area contributed by atoms with Gasteiger partial charge in [-0.05, 0) is 29.7 Å². The lowest BCUT2D eigenvalue weighted by molar-refractivity contribution is -0.122. The number of pyridine rings is 1. The number of nitrogens with zero attached hydrogens (tertiary/aromatic N) is 5. The average molecular weight is 558 g/mol. The molecule has 0 bridgehead atoms. The zero-order chi connectivity index (χ0) is 28.3. The monoisotopic (exact) mass is 557 g/mol. The zero-order valence-corrected chi connectivity index (χ0v) is 22.6. The average Bonchev–Trinajstić information content (AvgIpc) is 3.72. The van der Waals surface area contributed by atoms with E-state index in [2.05, 4.69) is 31.6 Å². The number of rotatable bonds is 7. The molecule has 3 N–H and O–H groups in total. The van der Waals surface area contributed by atoms with Crippen molar-refractivity contribution in [1.29, 1.82) is 0 Å². The summed E-state index contributed by atoms with van der Waals surface area (Å²) < 4.78 is 13.1. The van der Waals surface area contributed by atoms with Crippen LogP contribution in [0.15, 0.2) is 49.1 Å². The second kappa shape index (κ2) is 11.6. The fourth-order valence-corrected chi connectivity index (χ4v) is 5.74. The van der Waals surface area contributed by atoms with Crippen LogP contribution in [0.2, 0.25) is 0 Å². The van der Waals surface area contributed by atoms with Crippen LogP contribution in [0.3, 0.4) is 0 Å². The van der Waals surface area contributed by atoms with Crippen LogP contribution in [0.4, 0.5) is 11.5 Å². The van der Waals surface area contributed by atoms with Crippen molar-refractivity contribution in [2.24, 2.45) is 0 Å². The van der Waals surface area contributed by atoms with E-state index in [1.54, 1.807) is 19.5 Å². The van der Waals surface area contributed by atoms with Crippen LogP contribution in [-0.4, -0.2) is 81.3 Å². The Labute approximate surface area is 236 Å². The number of aromatic nitrogens is 4. The van der Waals surface area contributed by atoms with Crippen LogP contribution in [0.5, 0.6) is 0 Å². The smallest absolute Gasteiger partial charge is 0.290 e. The highest BCUT2D eigenvalue weighted by atomic mass is 16.5. The van der Waals surface area contributed by atoms with Crippen molar-refractivity contribution in [3.8, 4) is 11.3 Å². The molecule has 3 aliphatic heterocycles. The van der Waals surface area contributed by atoms with Crippen molar-refractivity contribution < 1.29 is 24.2 Å². The van der Waals surface area contributed by atoms with Gasteiger partial charge in [0.05, 0.1) is 47.7 Å². The van der Waals surface area contributed by atoms with Gasteiger partial charge in [-0.2, -0.15) is 0 Å². The number of hydrogen-bond acceptors (Lipinski definition) is 9. The van der Waals surface area contributed by atoms with Crippen LogP contribution >= 0.6 is 0 Å². The van der Waals surface area contributed by atoms with E-state index in [1.165, 1.54) is 5.56 Å². The third-order valence-electron chi connectivity index (χ3n) is 7.83. The van der Waals surface area contributed by atoms with Crippen molar-refractivity contribution in [3.63, 3.8) is 0 Å². The maximum atomic E-state index is 13.0. The molecule has 0 aliphatic carbocycles. The topological polar surface area (TPSA) is 143 Å². The van der Waals surface area contributed by atoms with Crippen molar-refractivity contribution in [2.75, 3.05) is 38.7 Å². The maximum absolute atomic E-state index is 13.0. The van der Waals surface area contributed by atoms with Crippen LogP contribution < -0.4 is 10.6 Å². The van der Waals surface area contributed by atoms with Gasteiger partial charge >= 0.3 is 0 Å². The quantitative estimate of drug-likeness (QED) is 0.290. The zero-order valence-electron chi connectivity index (χ0n) is 22.6. The first-order valence-corrected chi connectivity index (χ1v) is 13.5. The highest BCUT2D eigenvalue weighted by molar-refractivity contribution is 6.06. The third-order valence-corrected chi connectivity index (χ3v) is 7.83. The lowest BCUT2D eigenvalue weighted by atomic mass is 9.96. The molecule has 1 aromatic carbocycles. The Morgan fingerprint density at radius 2 is 2.10 bits per heavy atom. The number of imidazole rings is 1. The summed E-state index contributed by atoms with van der Waals surface area (Å²) in [5, 5.41) is 13.3. The predicted octanol–water partition coefficient (Wildman–Crippen LogP) is 2.81. The molecule has 1 atom stereocenters. The Balaban J connectivity index is 0.000000967. The number of hydrogen-bond donors (Lipinski definition) is 3. The van der Waals surface area contributed by atoms with Gasteiger partial charge in [-0.1, -0.05) is 12.1 Å². The first-order chi connectivity index (χ1) is 20.1. The van der Waals surface area contributed by atoms with Gasteiger partial charge in [-0.15, -0.1) is 0 Å². The van der Waals surface area contributed by atoms with Gasteiger partial charge < -0.3 is 25.2 Å². The number of methoxy groups -OCH3 is 1. The molecule has 6 heterocycles. The van der Waals surface area contributed by atoms with Crippen LogP contribution in [0.25, 0.3) is 16.9 Å². The minimum atomic E-state index is -0.250. The Morgan fingerprint density at radius 3 is 2.88 bits per heavy atom. The van der Waals surface area contributed by atoms with Gasteiger partial charge in [-0.25, -0.2) is 9.97 Å². The second-order valence-corrected chi connectivity index (χ2v) is 10.2. The van der Waals surface area contributed by atoms with Gasteiger partial charge in [0, 0.05) is 63.8 Å². The van der Waals surface area contributed by atoms with Crippen molar-refractivity contribution in [3.05, 3.63) is 71.4 Å². The van der Waals surface area contributed by atoms with Crippen molar-refractivity contribution >= 4 is 29.5 Å². The molecule has 12 nitrogen and oxygen atoms in total. The Kier molecular flexibility index (Phi) is 7.59. The first-order valence-electron chi connectivity index (χ1n) is 13.5. The predicted molar refractivity (Wildman–Crippen MR) is 150 cm³/mol. The number of fused-ring (bicyclic) bond motifs is 2. The summed E-state index contributed by atoms with van der Waals surface area (Å²) in [4.78, 5) is 37.4. The molecule has 0 radical (unpaired) electrons. The molecule has 12 heteroatoms. The number of carbonyl (C=O) groups excluding carboxylic acids is 1. The molecule has 1 amide bonds. The van der Waals surface area contributed by atoms with Gasteiger partial charge in [0.1, 0.15) is 5.82 Å². The molecule has 0 spiro atoms. The van der Waals surface area contributed by atoms with Crippen molar-refractivity contribution in [2.45, 2.75) is 31.5 Å². The maximum Gasteiger partial charge on any atom is 0.290 e. The van der Waals surface area contributed by atoms with E-state index in [0.717, 1.165) is 78.9 Å². The Morgan fingerprint density at radius 1 is 1.24 bits per heavy atom. The number of ether oxygens (including phenoxy) is 2. The van der Waals surface area contributed by atoms with E-state index < -0.39 is 0 Å². The molecule has 1 unspecified atom stereocenters. The molecule has 212 valence electrons. The Bertz CT molecular complexity index is 1580. The first kappa shape index (κ1) is 26.8. The summed E-state index contributed by atoms with van der Waals surface area (Å²) in [7, 11) is 1.76. The molecular formula is C29H31N7O5. The molecule has 3 aliphatic rings. The molecule has 41 heavy (non-hydrogen) atoms. The number of carboxylic acid groups (broad SMARTS) is 1. The summed E-state index contributed by atoms with van der Waals surface area (Å²) in [6, 6.07) is 8.17. The molecule has 7 rings (SSSR count). The normalized spacial score (nSPS) is 18.4. The Hall–Kier alpha value is -4.39. The minimum absolute atomic E-state index is 0.0917. The van der Waals surface area contributed by atoms with Crippen LogP contribution in [0.1, 0.15) is 39.5 Å². The third kappa shape index (κ3) is 5.24. The van der Waals surface area contributed by atoms with Crippen molar-refractivity contribution in [1.82, 2.24) is 29.6 Å². The largest absolute Gasteiger partial charge is 0.483 e. The molecule has 0 saturated carbocycles. The number of amides is 1. The number of nitrogens with one attached hydrogen (secondary N) is 2. The molecule has 2 saturated heterocycles. The molecule has 2 fully saturated rings. The van der Waals surface area contributed by atoms with Gasteiger partial charge in [0.25, 0.3) is 12.4 Å². The summed E-state index contributed by atoms with van der Waals surface area (Å²) in [6.07, 6.45) is 8.47. The molecule has 4 aromatic rings. The lowest BCUT2D eigenvalue weighted by Gasteiger charge is -2.38. The summed E-state index contributed by atoms with van der Waals surface area (Å²) >= 11 is 0. The minimum Gasteiger partial charge on any atom is -0.483 e. The molecular weight excluding hydrogens is 526 g/mol. The highest BCUT2D eigenvalue weighted by Crippen LogP contribution is 2.36. The van der Waals surface area contributed by atoms with E-state index in [4.69, 9.17) is 24.4 Å². The SMILES string of the molecule is COC1CN(Cc2nc(Nc3ccc(-c4cnc5cnccn45)c4c3C(=O)NC4)ccc2C2CCOC2)C1.O=CO. The number of benzene rings is 1. The van der Waals surface area contributed by atoms with Crippen LogP contribution in [0, 0.1) is 0 Å². The number of carbonyl (C=O) groups is 2. The fourth-order valence-electron chi connectivity index (χ4n) is 5.74. The van der Waals surface area contributed by atoms with E-state index in [-0.39, 0.29) is 12.4 Å². The number of likely N-dealkylation sites (tertiary alicyclic amines) is 1. The lowest BCUT2D eigenvalue weighted by Crippen LogP contribution is -2.51. The highest BCUT2D eigenvalue weighted by Gasteiger charge is 2.30. The van der Waals surface area contributed by atoms with E-state index in [1.807, 2.05) is 35.0 Å². The molecule has 3 aromatic heterocycles. The second-order valence-electron chi connectivity index (χ2n) is 10.2. The van der Waals surface area contributed by atoms with E-state index in [0.29, 0.717) is 24.1 Å². The van der Waals surface area contributed by atoms with E-state index in [9.17, 15) is 4.79 Å². The van der Waals surface area contributed by atoms with E-state index >= 15 is 0 Å². The standard InChI is InChI=1S/C28H29N7O3.CH2O2/c1-37-18-13-34(14-18)15-23-19(17-6-9-38-16-17)3-5-25(33-23)32-22-4-2-20(21-10-31-28(36)27(21)22)24-11-30-26-12-29-7-8-35(24)26;2-1-3/h2-5,7-8,11-12,17-18H,6,9-10,13-16H2,1H3,(H,31,36)(H,32,33);1H,(H,2,3). The van der Waals surface area contributed by atoms with Gasteiger partial charge in [0.15, 0.2) is 5.65 Å². The van der Waals surface area contributed by atoms with Gasteiger partial charge in [-0.3, -0.25) is 23.9 Å².